The highest BCUT2D eigenvalue weighted by atomic mass is 16.4. The maximum absolute atomic E-state index is 10.9. The molecule has 0 spiro atoms. The summed E-state index contributed by atoms with van der Waals surface area (Å²) >= 11 is 0. The third-order valence-corrected chi connectivity index (χ3v) is 2.01. The molecule has 0 amide bonds. The van der Waals surface area contributed by atoms with Crippen LogP contribution in [0.25, 0.3) is 0 Å². The molecule has 16 heavy (non-hydrogen) atoms. The first-order chi connectivity index (χ1) is 7.77. The third kappa shape index (κ3) is 2.17. The van der Waals surface area contributed by atoms with E-state index in [1.165, 1.54) is 18.5 Å². The van der Waals surface area contributed by atoms with Crippen molar-refractivity contribution in [2.75, 3.05) is 0 Å². The molecule has 2 aromatic rings. The van der Waals surface area contributed by atoms with Crippen molar-refractivity contribution < 1.29 is 14.3 Å². The molecule has 0 bridgehead atoms. The number of carboxylic acid groups (broad SMARTS) is 1. The number of para-hydroxylation sites is 1. The molecule has 1 heterocycles. The summed E-state index contributed by atoms with van der Waals surface area (Å²) in [6, 6.07) is 10.0. The lowest BCUT2D eigenvalue weighted by Gasteiger charge is -1.98. The van der Waals surface area contributed by atoms with Gasteiger partial charge in [0, 0.05) is 0 Å². The Balaban J connectivity index is 2.31. The van der Waals surface area contributed by atoms with Gasteiger partial charge in [0.25, 0.3) is 0 Å². The Labute approximate surface area is 91.9 Å². The van der Waals surface area contributed by atoms with Gasteiger partial charge in [-0.25, -0.2) is 4.79 Å². The van der Waals surface area contributed by atoms with Crippen LogP contribution in [0.3, 0.4) is 0 Å². The van der Waals surface area contributed by atoms with Gasteiger partial charge in [-0.3, -0.25) is 4.99 Å². The van der Waals surface area contributed by atoms with E-state index in [1.807, 2.05) is 0 Å². The number of hydrogen-bond donors (Lipinski definition) is 1. The van der Waals surface area contributed by atoms with Crippen LogP contribution >= 0.6 is 0 Å². The summed E-state index contributed by atoms with van der Waals surface area (Å²) in [6.45, 7) is 0. The topological polar surface area (TPSA) is 62.8 Å². The van der Waals surface area contributed by atoms with Gasteiger partial charge in [0.15, 0.2) is 0 Å². The highest BCUT2D eigenvalue weighted by Crippen LogP contribution is 2.18. The van der Waals surface area contributed by atoms with Crippen LogP contribution in [0.2, 0.25) is 0 Å². The van der Waals surface area contributed by atoms with E-state index < -0.39 is 5.97 Å². The number of nitrogens with zero attached hydrogens (tertiary/aromatic N) is 1. The fourth-order valence-electron chi connectivity index (χ4n) is 1.26. The SMILES string of the molecule is O=C(O)c1ccccc1N=Cc1ccco1. The predicted molar refractivity (Wildman–Crippen MR) is 59.4 cm³/mol. The Bertz CT molecular complexity index is 515. The standard InChI is InChI=1S/C12H9NO3/c14-12(15)10-5-1-2-6-11(10)13-8-9-4-3-7-16-9/h1-8H,(H,14,15). The van der Waals surface area contributed by atoms with Crippen molar-refractivity contribution in [3.8, 4) is 0 Å². The zero-order chi connectivity index (χ0) is 11.4. The predicted octanol–water partition coefficient (Wildman–Crippen LogP) is 2.73. The van der Waals surface area contributed by atoms with E-state index in [-0.39, 0.29) is 5.56 Å². The molecule has 1 aromatic carbocycles. The Kier molecular flexibility index (Phi) is 2.82. The van der Waals surface area contributed by atoms with Crippen LogP contribution in [-0.2, 0) is 0 Å². The normalized spacial score (nSPS) is 10.8. The summed E-state index contributed by atoms with van der Waals surface area (Å²) < 4.78 is 5.06. The van der Waals surface area contributed by atoms with Crippen LogP contribution in [0, 0.1) is 0 Å². The van der Waals surface area contributed by atoms with Gasteiger partial charge in [-0.2, -0.15) is 0 Å². The van der Waals surface area contributed by atoms with Crippen LogP contribution in [0.1, 0.15) is 16.1 Å². The van der Waals surface area contributed by atoms with Gasteiger partial charge < -0.3 is 9.52 Å². The summed E-state index contributed by atoms with van der Waals surface area (Å²) in [6.07, 6.45) is 3.02. The van der Waals surface area contributed by atoms with E-state index in [1.54, 1.807) is 30.3 Å². The van der Waals surface area contributed by atoms with Crippen molar-refractivity contribution in [1.82, 2.24) is 0 Å². The Hall–Kier alpha value is -2.36. The molecule has 0 aliphatic carbocycles. The lowest BCUT2D eigenvalue weighted by Crippen LogP contribution is -1.95. The second-order valence-electron chi connectivity index (χ2n) is 3.10. The Morgan fingerprint density at radius 1 is 1.25 bits per heavy atom. The Morgan fingerprint density at radius 2 is 2.06 bits per heavy atom. The van der Waals surface area contributed by atoms with Crippen molar-refractivity contribution in [3.63, 3.8) is 0 Å². The maximum atomic E-state index is 10.9. The summed E-state index contributed by atoms with van der Waals surface area (Å²) in [5, 5.41) is 8.93. The van der Waals surface area contributed by atoms with Gasteiger partial charge in [-0.1, -0.05) is 12.1 Å². The molecular formula is C12H9NO3. The van der Waals surface area contributed by atoms with E-state index in [0.29, 0.717) is 11.4 Å². The average molecular weight is 215 g/mol. The molecule has 2 rings (SSSR count). The van der Waals surface area contributed by atoms with Crippen LogP contribution in [0.5, 0.6) is 0 Å². The van der Waals surface area contributed by atoms with Crippen molar-refractivity contribution in [2.45, 2.75) is 0 Å². The molecule has 4 nitrogen and oxygen atoms in total. The quantitative estimate of drug-likeness (QED) is 0.800. The zero-order valence-corrected chi connectivity index (χ0v) is 8.33. The highest BCUT2D eigenvalue weighted by molar-refractivity contribution is 5.94. The van der Waals surface area contributed by atoms with E-state index in [2.05, 4.69) is 4.99 Å². The van der Waals surface area contributed by atoms with E-state index in [9.17, 15) is 4.79 Å². The highest BCUT2D eigenvalue weighted by Gasteiger charge is 2.07. The van der Waals surface area contributed by atoms with Crippen molar-refractivity contribution in [1.29, 1.82) is 0 Å². The van der Waals surface area contributed by atoms with Gasteiger partial charge >= 0.3 is 5.97 Å². The smallest absolute Gasteiger partial charge is 0.337 e. The first-order valence-electron chi connectivity index (χ1n) is 4.67. The number of furan rings is 1. The number of carboxylic acids is 1. The molecule has 0 radical (unpaired) electrons. The van der Waals surface area contributed by atoms with E-state index in [4.69, 9.17) is 9.52 Å². The number of benzene rings is 1. The third-order valence-electron chi connectivity index (χ3n) is 2.01. The number of carbonyl (C=O) groups is 1. The molecule has 80 valence electrons. The summed E-state index contributed by atoms with van der Waals surface area (Å²) in [5.74, 6) is -0.410. The van der Waals surface area contributed by atoms with Gasteiger partial charge in [0.05, 0.1) is 23.7 Å². The Morgan fingerprint density at radius 3 is 2.75 bits per heavy atom. The van der Waals surface area contributed by atoms with Gasteiger partial charge in [-0.15, -0.1) is 0 Å². The fraction of sp³-hybridized carbons (Fsp3) is 0. The molecule has 4 heteroatoms. The molecule has 0 unspecified atom stereocenters. The maximum Gasteiger partial charge on any atom is 0.337 e. The average Bonchev–Trinajstić information content (AvgIpc) is 2.79. The summed E-state index contributed by atoms with van der Waals surface area (Å²) in [5.41, 5.74) is 0.580. The van der Waals surface area contributed by atoms with Gasteiger partial charge in [-0.05, 0) is 24.3 Å². The fourth-order valence-corrected chi connectivity index (χ4v) is 1.26. The first-order valence-corrected chi connectivity index (χ1v) is 4.67. The largest absolute Gasteiger partial charge is 0.478 e. The van der Waals surface area contributed by atoms with Crippen molar-refractivity contribution in [2.24, 2.45) is 4.99 Å². The molecule has 0 aliphatic rings. The van der Waals surface area contributed by atoms with Crippen LogP contribution < -0.4 is 0 Å². The molecule has 0 aliphatic heterocycles. The monoisotopic (exact) mass is 215 g/mol. The second kappa shape index (κ2) is 4.44. The molecule has 1 aromatic heterocycles. The van der Waals surface area contributed by atoms with E-state index >= 15 is 0 Å². The van der Waals surface area contributed by atoms with E-state index in [0.717, 1.165) is 0 Å². The first kappa shape index (κ1) is 10.2. The molecule has 0 atom stereocenters. The number of rotatable bonds is 3. The lowest BCUT2D eigenvalue weighted by molar-refractivity contribution is 0.0698. The van der Waals surface area contributed by atoms with Gasteiger partial charge in [0.1, 0.15) is 5.76 Å². The molecular weight excluding hydrogens is 206 g/mol. The van der Waals surface area contributed by atoms with Crippen molar-refractivity contribution >= 4 is 17.9 Å². The van der Waals surface area contributed by atoms with Crippen molar-refractivity contribution in [3.05, 3.63) is 54.0 Å². The summed E-state index contributed by atoms with van der Waals surface area (Å²) in [4.78, 5) is 15.0. The minimum absolute atomic E-state index is 0.172. The minimum atomic E-state index is -0.993. The lowest BCUT2D eigenvalue weighted by atomic mass is 10.2. The molecule has 0 fully saturated rings. The molecule has 0 saturated carbocycles. The second-order valence-corrected chi connectivity index (χ2v) is 3.10. The minimum Gasteiger partial charge on any atom is -0.478 e. The molecule has 0 saturated heterocycles. The number of hydrogen-bond acceptors (Lipinski definition) is 3. The van der Waals surface area contributed by atoms with Crippen LogP contribution in [-0.4, -0.2) is 17.3 Å². The number of aromatic carboxylic acids is 1. The zero-order valence-electron chi connectivity index (χ0n) is 8.33. The summed E-state index contributed by atoms with van der Waals surface area (Å²) in [7, 11) is 0. The number of aliphatic imine (C=N–C) groups is 1. The van der Waals surface area contributed by atoms with Crippen LogP contribution in [0.4, 0.5) is 5.69 Å². The molecule has 1 N–H and O–H groups in total. The van der Waals surface area contributed by atoms with Gasteiger partial charge in [0.2, 0.25) is 0 Å². The van der Waals surface area contributed by atoms with Crippen LogP contribution in [0.15, 0.2) is 52.1 Å².